The number of esters is 1. The Bertz CT molecular complexity index is 1330. The maximum absolute atomic E-state index is 13.3. The van der Waals surface area contributed by atoms with Crippen molar-refractivity contribution < 1.29 is 13.9 Å². The standard InChI is InChI=1S/C22H21ClFN7O2/c1-5-33-22(32)20-18(23)13(3)28-31(20)17-10-16(25-11-26-17)27-21-12(2)19(30(4)29-21)14-6-8-15(24)9-7-14/h6-11H,5H2,1-4H3,(H,25,26,27,29). The molecule has 0 spiro atoms. The third-order valence-electron chi connectivity index (χ3n) is 4.97. The number of ether oxygens (including phenoxy) is 1. The first-order chi connectivity index (χ1) is 15.8. The van der Waals surface area contributed by atoms with Crippen molar-refractivity contribution in [2.75, 3.05) is 11.9 Å². The van der Waals surface area contributed by atoms with E-state index in [0.29, 0.717) is 23.1 Å². The number of nitrogens with zero attached hydrogens (tertiary/aromatic N) is 6. The lowest BCUT2D eigenvalue weighted by Gasteiger charge is -2.08. The number of hydrogen-bond acceptors (Lipinski definition) is 7. The summed E-state index contributed by atoms with van der Waals surface area (Å²) in [6.07, 6.45) is 1.34. The van der Waals surface area contributed by atoms with E-state index in [1.807, 2.05) is 14.0 Å². The topological polar surface area (TPSA) is 99.8 Å². The Morgan fingerprint density at radius 2 is 1.91 bits per heavy atom. The highest BCUT2D eigenvalue weighted by Crippen LogP contribution is 2.30. The van der Waals surface area contributed by atoms with E-state index >= 15 is 0 Å². The molecule has 0 aliphatic rings. The average molecular weight is 470 g/mol. The van der Waals surface area contributed by atoms with Gasteiger partial charge in [-0.15, -0.1) is 0 Å². The number of aromatic nitrogens is 6. The first-order valence-corrected chi connectivity index (χ1v) is 10.5. The van der Waals surface area contributed by atoms with Crippen molar-refractivity contribution in [2.24, 2.45) is 7.05 Å². The number of hydrogen-bond donors (Lipinski definition) is 1. The molecule has 0 fully saturated rings. The molecule has 0 unspecified atom stereocenters. The minimum Gasteiger partial charge on any atom is -0.461 e. The number of nitrogens with one attached hydrogen (secondary N) is 1. The molecular formula is C22H21ClFN7O2. The molecule has 0 aliphatic heterocycles. The molecule has 4 aromatic rings. The number of halogens is 2. The Hall–Kier alpha value is -3.79. The van der Waals surface area contributed by atoms with Gasteiger partial charge >= 0.3 is 5.97 Å². The van der Waals surface area contributed by atoms with Crippen molar-refractivity contribution in [3.63, 3.8) is 0 Å². The van der Waals surface area contributed by atoms with Crippen molar-refractivity contribution in [2.45, 2.75) is 20.8 Å². The fraction of sp³-hybridized carbons (Fsp3) is 0.227. The van der Waals surface area contributed by atoms with Gasteiger partial charge in [0.2, 0.25) is 0 Å². The Morgan fingerprint density at radius 3 is 2.61 bits per heavy atom. The molecule has 1 aromatic carbocycles. The van der Waals surface area contributed by atoms with Crippen molar-refractivity contribution in [1.82, 2.24) is 29.5 Å². The predicted octanol–water partition coefficient (Wildman–Crippen LogP) is 4.39. The summed E-state index contributed by atoms with van der Waals surface area (Å²) in [5, 5.41) is 12.2. The molecule has 11 heteroatoms. The molecule has 3 heterocycles. The molecule has 1 N–H and O–H groups in total. The van der Waals surface area contributed by atoms with Crippen molar-refractivity contribution in [3.05, 3.63) is 64.5 Å². The average Bonchev–Trinajstić information content (AvgIpc) is 3.24. The van der Waals surface area contributed by atoms with Crippen LogP contribution in [0.25, 0.3) is 17.1 Å². The zero-order chi connectivity index (χ0) is 23.7. The molecule has 33 heavy (non-hydrogen) atoms. The largest absolute Gasteiger partial charge is 0.461 e. The number of carbonyl (C=O) groups is 1. The van der Waals surface area contributed by atoms with Crippen LogP contribution in [-0.4, -0.2) is 42.1 Å². The SMILES string of the molecule is CCOC(=O)c1c(Cl)c(C)nn1-c1cc(Nc2nn(C)c(-c3ccc(F)cc3)c2C)ncn1. The van der Waals surface area contributed by atoms with E-state index in [0.717, 1.165) is 16.8 Å². The minimum atomic E-state index is -0.597. The van der Waals surface area contributed by atoms with Gasteiger partial charge in [-0.2, -0.15) is 10.2 Å². The van der Waals surface area contributed by atoms with Crippen LogP contribution in [0, 0.1) is 19.7 Å². The van der Waals surface area contributed by atoms with Crippen LogP contribution in [0.3, 0.4) is 0 Å². The van der Waals surface area contributed by atoms with Crippen LogP contribution in [0.2, 0.25) is 5.02 Å². The number of benzene rings is 1. The van der Waals surface area contributed by atoms with Gasteiger partial charge in [-0.3, -0.25) is 4.68 Å². The van der Waals surface area contributed by atoms with Crippen LogP contribution < -0.4 is 5.32 Å². The Labute approximate surface area is 194 Å². The van der Waals surface area contributed by atoms with Crippen LogP contribution in [0.5, 0.6) is 0 Å². The maximum Gasteiger partial charge on any atom is 0.358 e. The molecule has 0 atom stereocenters. The third kappa shape index (κ3) is 4.29. The van der Waals surface area contributed by atoms with E-state index < -0.39 is 5.97 Å². The van der Waals surface area contributed by atoms with E-state index in [9.17, 15) is 9.18 Å². The number of rotatable bonds is 6. The molecule has 9 nitrogen and oxygen atoms in total. The van der Waals surface area contributed by atoms with Gasteiger partial charge in [0.1, 0.15) is 18.0 Å². The second-order valence-corrected chi connectivity index (χ2v) is 7.60. The first kappa shape index (κ1) is 22.4. The summed E-state index contributed by atoms with van der Waals surface area (Å²) in [5.41, 5.74) is 3.09. The summed E-state index contributed by atoms with van der Waals surface area (Å²) >= 11 is 6.29. The Kier molecular flexibility index (Phi) is 6.10. The smallest absolute Gasteiger partial charge is 0.358 e. The van der Waals surface area contributed by atoms with E-state index in [1.54, 1.807) is 36.7 Å². The third-order valence-corrected chi connectivity index (χ3v) is 5.43. The van der Waals surface area contributed by atoms with Gasteiger partial charge in [-0.25, -0.2) is 23.8 Å². The van der Waals surface area contributed by atoms with Crippen LogP contribution in [0.4, 0.5) is 16.0 Å². The van der Waals surface area contributed by atoms with Gasteiger partial charge in [0, 0.05) is 24.2 Å². The van der Waals surface area contributed by atoms with Crippen molar-refractivity contribution >= 4 is 29.2 Å². The fourth-order valence-corrected chi connectivity index (χ4v) is 3.66. The molecule has 0 bridgehead atoms. The summed E-state index contributed by atoms with van der Waals surface area (Å²) in [7, 11) is 1.81. The molecule has 3 aromatic heterocycles. The van der Waals surface area contributed by atoms with Gasteiger partial charge in [-0.1, -0.05) is 11.6 Å². The van der Waals surface area contributed by atoms with Gasteiger partial charge < -0.3 is 10.1 Å². The van der Waals surface area contributed by atoms with E-state index in [-0.39, 0.29) is 23.1 Å². The molecule has 0 amide bonds. The summed E-state index contributed by atoms with van der Waals surface area (Å²) in [6, 6.07) is 7.84. The number of anilines is 2. The van der Waals surface area contributed by atoms with Crippen molar-refractivity contribution in [3.8, 4) is 17.1 Å². The van der Waals surface area contributed by atoms with Crippen LogP contribution in [0.15, 0.2) is 36.7 Å². The highest BCUT2D eigenvalue weighted by Gasteiger charge is 2.24. The molecule has 0 radical (unpaired) electrons. The maximum atomic E-state index is 13.3. The quantitative estimate of drug-likeness (QED) is 0.418. The molecule has 0 aliphatic carbocycles. The van der Waals surface area contributed by atoms with Crippen LogP contribution in [-0.2, 0) is 11.8 Å². The Balaban J connectivity index is 1.69. The van der Waals surface area contributed by atoms with E-state index in [1.165, 1.54) is 23.1 Å². The van der Waals surface area contributed by atoms with Crippen LogP contribution in [0.1, 0.15) is 28.7 Å². The summed E-state index contributed by atoms with van der Waals surface area (Å²) < 4.78 is 21.5. The first-order valence-electron chi connectivity index (χ1n) is 10.1. The lowest BCUT2D eigenvalue weighted by Crippen LogP contribution is -2.14. The van der Waals surface area contributed by atoms with E-state index in [4.69, 9.17) is 16.3 Å². The summed E-state index contributed by atoms with van der Waals surface area (Å²) in [6.45, 7) is 5.51. The van der Waals surface area contributed by atoms with Gasteiger partial charge in [0.15, 0.2) is 17.3 Å². The summed E-state index contributed by atoms with van der Waals surface area (Å²) in [5.74, 6) is 0.438. The van der Waals surface area contributed by atoms with Crippen molar-refractivity contribution in [1.29, 1.82) is 0 Å². The number of carbonyl (C=O) groups excluding carboxylic acids is 1. The molecule has 0 saturated carbocycles. The molecular weight excluding hydrogens is 449 g/mol. The summed E-state index contributed by atoms with van der Waals surface area (Å²) in [4.78, 5) is 20.9. The van der Waals surface area contributed by atoms with Crippen LogP contribution >= 0.6 is 11.6 Å². The molecule has 170 valence electrons. The lowest BCUT2D eigenvalue weighted by molar-refractivity contribution is 0.0515. The molecule has 4 rings (SSSR count). The predicted molar refractivity (Wildman–Crippen MR) is 121 cm³/mol. The molecule has 0 saturated heterocycles. The second kappa shape index (κ2) is 8.99. The van der Waals surface area contributed by atoms with Gasteiger partial charge in [0.25, 0.3) is 0 Å². The highest BCUT2D eigenvalue weighted by atomic mass is 35.5. The zero-order valence-electron chi connectivity index (χ0n) is 18.4. The normalized spacial score (nSPS) is 11.0. The minimum absolute atomic E-state index is 0.0910. The van der Waals surface area contributed by atoms with Gasteiger partial charge in [0.05, 0.1) is 23.0 Å². The van der Waals surface area contributed by atoms with Gasteiger partial charge in [-0.05, 0) is 45.0 Å². The highest BCUT2D eigenvalue weighted by molar-refractivity contribution is 6.34. The van der Waals surface area contributed by atoms with E-state index in [2.05, 4.69) is 25.5 Å². The fourth-order valence-electron chi connectivity index (χ4n) is 3.46. The number of aryl methyl sites for hydroxylation is 2. The Morgan fingerprint density at radius 1 is 1.18 bits per heavy atom. The second-order valence-electron chi connectivity index (χ2n) is 7.22. The lowest BCUT2D eigenvalue weighted by atomic mass is 10.1. The monoisotopic (exact) mass is 469 g/mol. The zero-order valence-corrected chi connectivity index (χ0v) is 19.2.